The van der Waals surface area contributed by atoms with Gasteiger partial charge in [-0.15, -0.1) is 11.3 Å². The molecule has 2 aromatic heterocycles. The summed E-state index contributed by atoms with van der Waals surface area (Å²) in [6.45, 7) is 6.28. The number of hydrogen-bond acceptors (Lipinski definition) is 4. The molecule has 0 aliphatic carbocycles. The summed E-state index contributed by atoms with van der Waals surface area (Å²) < 4.78 is 0. The molecule has 106 valence electrons. The monoisotopic (exact) mass is 295 g/mol. The first kappa shape index (κ1) is 13.8. The number of aromatic nitrogens is 2. The van der Waals surface area contributed by atoms with Crippen molar-refractivity contribution < 1.29 is 0 Å². The normalized spacial score (nSPS) is 10.6. The Kier molecular flexibility index (Phi) is 3.71. The minimum atomic E-state index is 0.860. The topological polar surface area (TPSA) is 37.8 Å². The Morgan fingerprint density at radius 2 is 1.86 bits per heavy atom. The smallest absolute Gasteiger partial charge is 0.188 e. The van der Waals surface area contributed by atoms with Crippen molar-refractivity contribution >= 4 is 22.3 Å². The molecule has 1 aromatic carbocycles. The van der Waals surface area contributed by atoms with E-state index in [-0.39, 0.29) is 0 Å². The van der Waals surface area contributed by atoms with Gasteiger partial charge in [-0.3, -0.25) is 0 Å². The fraction of sp³-hybridized carbons (Fsp3) is 0.176. The fourth-order valence-electron chi connectivity index (χ4n) is 2.08. The van der Waals surface area contributed by atoms with Crippen LogP contribution in [0.5, 0.6) is 0 Å². The molecule has 3 nitrogen and oxygen atoms in total. The molecule has 0 aliphatic rings. The molecule has 0 amide bonds. The summed E-state index contributed by atoms with van der Waals surface area (Å²) >= 11 is 1.60. The van der Waals surface area contributed by atoms with Crippen molar-refractivity contribution in [3.05, 3.63) is 58.6 Å². The number of thiazole rings is 1. The second-order valence-electron chi connectivity index (χ2n) is 5.13. The van der Waals surface area contributed by atoms with Crippen molar-refractivity contribution in [3.63, 3.8) is 0 Å². The molecule has 4 heteroatoms. The van der Waals surface area contributed by atoms with Gasteiger partial charge < -0.3 is 5.32 Å². The van der Waals surface area contributed by atoms with Crippen LogP contribution in [-0.4, -0.2) is 9.97 Å². The molecule has 0 saturated carbocycles. The van der Waals surface area contributed by atoms with Crippen LogP contribution in [0, 0.1) is 20.8 Å². The van der Waals surface area contributed by atoms with Crippen LogP contribution in [0.2, 0.25) is 0 Å². The van der Waals surface area contributed by atoms with Crippen molar-refractivity contribution in [2.24, 2.45) is 0 Å². The van der Waals surface area contributed by atoms with Gasteiger partial charge in [0.25, 0.3) is 0 Å². The zero-order valence-corrected chi connectivity index (χ0v) is 13.2. The Bertz CT molecular complexity index is 777. The van der Waals surface area contributed by atoms with Crippen molar-refractivity contribution in [2.45, 2.75) is 20.8 Å². The quantitative estimate of drug-likeness (QED) is 0.748. The second kappa shape index (κ2) is 5.66. The Labute approximate surface area is 128 Å². The minimum Gasteiger partial charge on any atom is -0.316 e. The number of aryl methyl sites for hydroxylation is 3. The Morgan fingerprint density at radius 3 is 2.62 bits per heavy atom. The highest BCUT2D eigenvalue weighted by Crippen LogP contribution is 2.28. The van der Waals surface area contributed by atoms with Gasteiger partial charge in [-0.05, 0) is 49.6 Å². The zero-order chi connectivity index (χ0) is 14.8. The van der Waals surface area contributed by atoms with Crippen molar-refractivity contribution in [3.8, 4) is 11.3 Å². The van der Waals surface area contributed by atoms with Crippen LogP contribution in [-0.2, 0) is 0 Å². The SMILES string of the molecule is Cc1ccc(-c2csc(Nc3ncccc3C)n2)cc1C. The molecule has 3 aromatic rings. The van der Waals surface area contributed by atoms with Gasteiger partial charge >= 0.3 is 0 Å². The summed E-state index contributed by atoms with van der Waals surface area (Å²) in [6.07, 6.45) is 1.78. The maximum atomic E-state index is 4.66. The molecular formula is C17H17N3S. The van der Waals surface area contributed by atoms with E-state index >= 15 is 0 Å². The molecule has 0 saturated heterocycles. The van der Waals surface area contributed by atoms with Gasteiger partial charge in [0.1, 0.15) is 5.82 Å². The molecule has 0 unspecified atom stereocenters. The minimum absolute atomic E-state index is 0.860. The summed E-state index contributed by atoms with van der Waals surface area (Å²) in [4.78, 5) is 8.99. The molecule has 0 spiro atoms. The standard InChI is InChI=1S/C17H17N3S/c1-11-6-7-14(9-13(11)3)15-10-21-17(19-15)20-16-12(2)5-4-8-18-16/h4-10H,1-3H3,(H,18,19,20). The Balaban J connectivity index is 1.86. The first-order chi connectivity index (χ1) is 10.1. The van der Waals surface area contributed by atoms with E-state index < -0.39 is 0 Å². The average molecular weight is 295 g/mol. The summed E-state index contributed by atoms with van der Waals surface area (Å²) in [5.41, 5.74) is 5.85. The van der Waals surface area contributed by atoms with Crippen LogP contribution >= 0.6 is 11.3 Å². The lowest BCUT2D eigenvalue weighted by Crippen LogP contribution is -1.95. The Hall–Kier alpha value is -2.20. The maximum absolute atomic E-state index is 4.66. The molecule has 0 bridgehead atoms. The van der Waals surface area contributed by atoms with E-state index in [1.807, 2.05) is 19.1 Å². The van der Waals surface area contributed by atoms with Gasteiger partial charge in [0.2, 0.25) is 0 Å². The third-order valence-corrected chi connectivity index (χ3v) is 4.30. The number of nitrogens with zero attached hydrogens (tertiary/aromatic N) is 2. The van der Waals surface area contributed by atoms with Crippen LogP contribution in [0.1, 0.15) is 16.7 Å². The highest BCUT2D eigenvalue weighted by atomic mass is 32.1. The summed E-state index contributed by atoms with van der Waals surface area (Å²) in [5.74, 6) is 0.860. The zero-order valence-electron chi connectivity index (χ0n) is 12.3. The molecule has 0 atom stereocenters. The first-order valence-corrected chi connectivity index (χ1v) is 7.73. The summed E-state index contributed by atoms with van der Waals surface area (Å²) in [7, 11) is 0. The largest absolute Gasteiger partial charge is 0.316 e. The van der Waals surface area contributed by atoms with E-state index in [1.165, 1.54) is 11.1 Å². The summed E-state index contributed by atoms with van der Waals surface area (Å²) in [6, 6.07) is 10.4. The van der Waals surface area contributed by atoms with E-state index in [9.17, 15) is 0 Å². The van der Waals surface area contributed by atoms with Gasteiger partial charge in [-0.25, -0.2) is 9.97 Å². The van der Waals surface area contributed by atoms with Crippen LogP contribution in [0.4, 0.5) is 10.9 Å². The molecule has 21 heavy (non-hydrogen) atoms. The lowest BCUT2D eigenvalue weighted by atomic mass is 10.1. The molecule has 0 radical (unpaired) electrons. The van der Waals surface area contributed by atoms with Crippen molar-refractivity contribution in [1.82, 2.24) is 9.97 Å². The van der Waals surface area contributed by atoms with E-state index in [4.69, 9.17) is 0 Å². The highest BCUT2D eigenvalue weighted by Gasteiger charge is 2.07. The number of hydrogen-bond donors (Lipinski definition) is 1. The second-order valence-corrected chi connectivity index (χ2v) is 5.99. The average Bonchev–Trinajstić information content (AvgIpc) is 2.93. The van der Waals surface area contributed by atoms with Crippen LogP contribution < -0.4 is 5.32 Å². The predicted molar refractivity (Wildman–Crippen MR) is 89.3 cm³/mol. The van der Waals surface area contributed by atoms with Crippen molar-refractivity contribution in [1.29, 1.82) is 0 Å². The van der Waals surface area contributed by atoms with Gasteiger partial charge in [0, 0.05) is 17.1 Å². The van der Waals surface area contributed by atoms with Gasteiger partial charge in [0.15, 0.2) is 5.13 Å². The molecule has 1 N–H and O–H groups in total. The van der Waals surface area contributed by atoms with E-state index in [2.05, 4.69) is 52.7 Å². The van der Waals surface area contributed by atoms with Crippen LogP contribution in [0.15, 0.2) is 41.9 Å². The molecule has 0 fully saturated rings. The Morgan fingerprint density at radius 1 is 1.00 bits per heavy atom. The van der Waals surface area contributed by atoms with E-state index in [1.54, 1.807) is 17.5 Å². The van der Waals surface area contributed by atoms with Gasteiger partial charge in [0.05, 0.1) is 5.69 Å². The first-order valence-electron chi connectivity index (χ1n) is 6.85. The fourth-order valence-corrected chi connectivity index (χ4v) is 2.80. The number of benzene rings is 1. The van der Waals surface area contributed by atoms with E-state index in [0.29, 0.717) is 0 Å². The van der Waals surface area contributed by atoms with Gasteiger partial charge in [-0.2, -0.15) is 0 Å². The predicted octanol–water partition coefficient (Wildman–Crippen LogP) is 4.87. The summed E-state index contributed by atoms with van der Waals surface area (Å²) in [5, 5.41) is 6.22. The third kappa shape index (κ3) is 2.95. The van der Waals surface area contributed by atoms with Crippen LogP contribution in [0.25, 0.3) is 11.3 Å². The van der Waals surface area contributed by atoms with Gasteiger partial charge in [-0.1, -0.05) is 18.2 Å². The number of pyridine rings is 1. The van der Waals surface area contributed by atoms with Crippen molar-refractivity contribution in [2.75, 3.05) is 5.32 Å². The molecular weight excluding hydrogens is 278 g/mol. The van der Waals surface area contributed by atoms with Crippen LogP contribution in [0.3, 0.4) is 0 Å². The lowest BCUT2D eigenvalue weighted by molar-refractivity contribution is 1.24. The number of rotatable bonds is 3. The number of nitrogens with one attached hydrogen (secondary N) is 1. The molecule has 0 aliphatic heterocycles. The maximum Gasteiger partial charge on any atom is 0.188 e. The molecule has 3 rings (SSSR count). The highest BCUT2D eigenvalue weighted by molar-refractivity contribution is 7.14. The van der Waals surface area contributed by atoms with E-state index in [0.717, 1.165) is 27.8 Å². The third-order valence-electron chi connectivity index (χ3n) is 3.54. The number of anilines is 2. The molecule has 2 heterocycles. The lowest BCUT2D eigenvalue weighted by Gasteiger charge is -2.04.